The molecule has 0 aliphatic heterocycles. The van der Waals surface area contributed by atoms with E-state index in [0.29, 0.717) is 30.9 Å². The van der Waals surface area contributed by atoms with Crippen LogP contribution in [-0.2, 0) is 14.2 Å². The summed E-state index contributed by atoms with van der Waals surface area (Å²) >= 11 is 0. The predicted molar refractivity (Wildman–Crippen MR) is 200 cm³/mol. The van der Waals surface area contributed by atoms with Gasteiger partial charge in [-0.2, -0.15) is 0 Å². The third kappa shape index (κ3) is 9.23. The van der Waals surface area contributed by atoms with Crippen LogP contribution in [0.3, 0.4) is 0 Å². The second-order valence-corrected chi connectivity index (χ2v) is 18.2. The minimum absolute atomic E-state index is 0.0606. The summed E-state index contributed by atoms with van der Waals surface area (Å²) in [5.41, 5.74) is 9.82. The fourth-order valence-corrected chi connectivity index (χ4v) is 10.6. The van der Waals surface area contributed by atoms with E-state index in [4.69, 9.17) is 19.9 Å². The van der Waals surface area contributed by atoms with Gasteiger partial charge >= 0.3 is 6.09 Å². The number of nitrogens with one attached hydrogen (secondary N) is 1. The summed E-state index contributed by atoms with van der Waals surface area (Å²) in [4.78, 5) is 12.9. The Morgan fingerprint density at radius 3 is 2.41 bits per heavy atom. The molecule has 4 aliphatic carbocycles. The molecule has 0 radical (unpaired) electrons. The second kappa shape index (κ2) is 16.1. The lowest BCUT2D eigenvalue weighted by atomic mass is 9.47. The van der Waals surface area contributed by atoms with Crippen LogP contribution in [-0.4, -0.2) is 64.1 Å². The summed E-state index contributed by atoms with van der Waals surface area (Å²) in [7, 11) is 6.41. The van der Waals surface area contributed by atoms with Crippen LogP contribution in [0.5, 0.6) is 0 Å². The number of fused-ring (bicyclic) bond motifs is 5. The summed E-state index contributed by atoms with van der Waals surface area (Å²) in [6, 6.07) is 7.57. The fraction of sp³-hybridized carbons (Fsp3) is 0.786. The molecule has 0 spiro atoms. The molecule has 1 unspecified atom stereocenters. The average Bonchev–Trinajstić information content (AvgIpc) is 3.39. The van der Waals surface area contributed by atoms with Gasteiger partial charge in [0.25, 0.3) is 0 Å². The second-order valence-electron chi connectivity index (χ2n) is 18.2. The Bertz CT molecular complexity index is 1260. The van der Waals surface area contributed by atoms with Crippen LogP contribution >= 0.6 is 0 Å². The summed E-state index contributed by atoms with van der Waals surface area (Å²) in [5, 5.41) is 2.93. The highest BCUT2D eigenvalue weighted by atomic mass is 16.7. The van der Waals surface area contributed by atoms with E-state index in [1.54, 1.807) is 5.57 Å². The Morgan fingerprint density at radius 1 is 0.959 bits per heavy atom. The van der Waals surface area contributed by atoms with Crippen molar-refractivity contribution in [1.29, 1.82) is 0 Å². The number of hydrogen-bond donors (Lipinski definition) is 2. The molecule has 9 atom stereocenters. The van der Waals surface area contributed by atoms with Gasteiger partial charge in [0, 0.05) is 24.2 Å². The standard InChI is InChI=1S/C42H69N3O4/c1-29(2)10-9-11-30(3)36-18-19-37-35-17-14-32-28-34(20-22-41(32,4)38(35)21-23-42(36,37)5)49-40(46)44-24-26-47-39(48-27-25-45(6,7)8)31-12-15-33(43)16-13-31/h12-16,29-30,34-39H,9-11,17-28,43H2,1-8H3/p+1/t30-,34+,35+,36-,37+,38+,39?,41+,42-/m1/s1. The van der Waals surface area contributed by atoms with Crippen LogP contribution < -0.4 is 11.1 Å². The lowest BCUT2D eigenvalue weighted by molar-refractivity contribution is -0.871. The van der Waals surface area contributed by atoms with Gasteiger partial charge in [0.15, 0.2) is 6.29 Å². The fourth-order valence-electron chi connectivity index (χ4n) is 10.6. The number of quaternary nitrogens is 1. The van der Waals surface area contributed by atoms with Gasteiger partial charge < -0.3 is 29.7 Å². The first-order valence-corrected chi connectivity index (χ1v) is 19.7. The van der Waals surface area contributed by atoms with Gasteiger partial charge in [-0.25, -0.2) is 4.79 Å². The molecule has 0 bridgehead atoms. The quantitative estimate of drug-likeness (QED) is 0.0635. The van der Waals surface area contributed by atoms with Gasteiger partial charge in [-0.1, -0.05) is 77.7 Å². The SMILES string of the molecule is CC(C)CCC[C@@H](C)[C@H]1CC[C@H]2[C@@H]3CC=C4C[C@@H](OC(=O)NCCOC(OCC[N+](C)(C)C)c5ccc(N)cc5)CC[C@]4(C)[C@H]3CC[C@]12C. The molecule has 1 amide bonds. The minimum Gasteiger partial charge on any atom is -0.446 e. The minimum atomic E-state index is -0.519. The summed E-state index contributed by atoms with van der Waals surface area (Å²) in [6.07, 6.45) is 15.6. The molecule has 5 rings (SSSR count). The van der Waals surface area contributed by atoms with Gasteiger partial charge in [-0.05, 0) is 103 Å². The summed E-state index contributed by atoms with van der Waals surface area (Å²) in [6.45, 7) is 14.6. The number of hydrogen-bond acceptors (Lipinski definition) is 5. The van der Waals surface area contributed by atoms with E-state index >= 15 is 0 Å². The van der Waals surface area contributed by atoms with Crippen LogP contribution in [0.25, 0.3) is 0 Å². The van der Waals surface area contributed by atoms with Crippen molar-refractivity contribution >= 4 is 11.8 Å². The van der Waals surface area contributed by atoms with Crippen molar-refractivity contribution < 1.29 is 23.5 Å². The average molecular weight is 681 g/mol. The number of carbonyl (C=O) groups is 1. The maximum absolute atomic E-state index is 12.9. The number of allylic oxidation sites excluding steroid dienone is 1. The van der Waals surface area contributed by atoms with E-state index in [2.05, 4.69) is 67.2 Å². The highest BCUT2D eigenvalue weighted by Gasteiger charge is 2.59. The normalized spacial score (nSPS) is 32.4. The van der Waals surface area contributed by atoms with Crippen molar-refractivity contribution in [2.75, 3.05) is 53.2 Å². The van der Waals surface area contributed by atoms with Crippen molar-refractivity contribution in [2.24, 2.45) is 46.3 Å². The summed E-state index contributed by atoms with van der Waals surface area (Å²) in [5.74, 6) is 5.00. The maximum Gasteiger partial charge on any atom is 0.407 e. The number of rotatable bonds is 15. The number of nitrogens with two attached hydrogens (primary N) is 1. The highest BCUT2D eigenvalue weighted by Crippen LogP contribution is 2.67. The molecule has 3 fully saturated rings. The van der Waals surface area contributed by atoms with Crippen LogP contribution in [0.2, 0.25) is 0 Å². The first kappa shape index (κ1) is 38.1. The Morgan fingerprint density at radius 2 is 1.69 bits per heavy atom. The number of anilines is 1. The van der Waals surface area contributed by atoms with Crippen LogP contribution in [0.1, 0.15) is 117 Å². The van der Waals surface area contributed by atoms with Crippen molar-refractivity contribution in [3.63, 3.8) is 0 Å². The molecular weight excluding hydrogens is 610 g/mol. The zero-order valence-electron chi connectivity index (χ0n) is 32.3. The van der Waals surface area contributed by atoms with Gasteiger partial charge in [0.1, 0.15) is 12.6 Å². The van der Waals surface area contributed by atoms with Gasteiger partial charge in [0.05, 0.1) is 34.4 Å². The predicted octanol–water partition coefficient (Wildman–Crippen LogP) is 9.14. The number of ether oxygens (including phenoxy) is 3. The molecule has 7 nitrogen and oxygen atoms in total. The zero-order chi connectivity index (χ0) is 35.4. The molecular formula is C42H70N3O4+. The number of likely N-dealkylation sites (N-methyl/N-ethyl adjacent to an activating group) is 1. The van der Waals surface area contributed by atoms with E-state index < -0.39 is 6.29 Å². The Kier molecular flexibility index (Phi) is 12.5. The molecule has 3 N–H and O–H groups in total. The monoisotopic (exact) mass is 681 g/mol. The number of nitrogen functional groups attached to an aromatic ring is 1. The van der Waals surface area contributed by atoms with E-state index in [1.807, 2.05) is 24.3 Å². The molecule has 276 valence electrons. The number of benzene rings is 1. The summed E-state index contributed by atoms with van der Waals surface area (Å²) < 4.78 is 19.0. The molecule has 0 heterocycles. The van der Waals surface area contributed by atoms with Crippen LogP contribution in [0.15, 0.2) is 35.9 Å². The van der Waals surface area contributed by atoms with Crippen molar-refractivity contribution in [3.8, 4) is 0 Å². The van der Waals surface area contributed by atoms with E-state index in [9.17, 15) is 4.79 Å². The number of alkyl carbamates (subject to hydrolysis) is 1. The first-order chi connectivity index (χ1) is 23.2. The lowest BCUT2D eigenvalue weighted by Gasteiger charge is -2.58. The molecule has 0 aromatic heterocycles. The molecule has 0 saturated heterocycles. The van der Waals surface area contributed by atoms with Gasteiger partial charge in [-0.3, -0.25) is 0 Å². The van der Waals surface area contributed by atoms with Crippen LogP contribution in [0, 0.1) is 46.3 Å². The first-order valence-electron chi connectivity index (χ1n) is 19.7. The molecule has 49 heavy (non-hydrogen) atoms. The lowest BCUT2D eigenvalue weighted by Crippen LogP contribution is -2.51. The Hall–Kier alpha value is -2.09. The highest BCUT2D eigenvalue weighted by molar-refractivity contribution is 5.67. The topological polar surface area (TPSA) is 82.8 Å². The number of amides is 1. The van der Waals surface area contributed by atoms with E-state index in [-0.39, 0.29) is 17.6 Å². The third-order valence-electron chi connectivity index (χ3n) is 13.4. The number of nitrogens with zero attached hydrogens (tertiary/aromatic N) is 1. The Balaban J connectivity index is 1.10. The Labute approximate surface area is 298 Å². The van der Waals surface area contributed by atoms with E-state index in [0.717, 1.165) is 71.4 Å². The van der Waals surface area contributed by atoms with Crippen molar-refractivity contribution in [2.45, 2.75) is 118 Å². The maximum atomic E-state index is 12.9. The van der Waals surface area contributed by atoms with Crippen LogP contribution in [0.4, 0.5) is 10.5 Å². The number of carbonyl (C=O) groups excluding carboxylic acids is 1. The molecule has 1 aromatic carbocycles. The zero-order valence-corrected chi connectivity index (χ0v) is 32.3. The van der Waals surface area contributed by atoms with Crippen molar-refractivity contribution in [1.82, 2.24) is 5.32 Å². The van der Waals surface area contributed by atoms with Crippen molar-refractivity contribution in [3.05, 3.63) is 41.5 Å². The van der Waals surface area contributed by atoms with E-state index in [1.165, 1.54) is 51.4 Å². The molecule has 4 aliphatic rings. The van der Waals surface area contributed by atoms with Gasteiger partial charge in [0.2, 0.25) is 0 Å². The molecule has 1 aromatic rings. The molecule has 3 saturated carbocycles. The third-order valence-corrected chi connectivity index (χ3v) is 13.4. The van der Waals surface area contributed by atoms with Gasteiger partial charge in [-0.15, -0.1) is 0 Å². The molecule has 7 heteroatoms. The largest absolute Gasteiger partial charge is 0.446 e. The smallest absolute Gasteiger partial charge is 0.407 e.